The van der Waals surface area contributed by atoms with Crippen LogP contribution in [-0.4, -0.2) is 17.3 Å². The molecule has 4 nitrogen and oxygen atoms in total. The normalized spacial score (nSPS) is 10.6. The van der Waals surface area contributed by atoms with Gasteiger partial charge in [-0.2, -0.15) is 5.10 Å². The molecule has 1 heterocycles. The van der Waals surface area contributed by atoms with Crippen molar-refractivity contribution in [2.75, 3.05) is 12.4 Å². The van der Waals surface area contributed by atoms with Gasteiger partial charge in [-0.25, -0.2) is 0 Å². The van der Waals surface area contributed by atoms with Crippen molar-refractivity contribution in [1.82, 2.24) is 10.2 Å². The molecular weight excluding hydrogens is 238 g/mol. The molecule has 4 heteroatoms. The fourth-order valence-corrected chi connectivity index (χ4v) is 2.21. The number of hydrogen-bond acceptors (Lipinski definition) is 3. The van der Waals surface area contributed by atoms with Crippen LogP contribution in [0.2, 0.25) is 0 Å². The number of benzene rings is 2. The van der Waals surface area contributed by atoms with E-state index in [1.807, 2.05) is 24.4 Å². The molecule has 3 aromatic rings. The summed E-state index contributed by atoms with van der Waals surface area (Å²) < 4.78 is 5.40. The predicted octanol–water partition coefficient (Wildman–Crippen LogP) is 3.18. The Kier molecular flexibility index (Phi) is 3.06. The summed E-state index contributed by atoms with van der Waals surface area (Å²) in [7, 11) is 1.70. The van der Waals surface area contributed by atoms with E-state index in [1.54, 1.807) is 13.3 Å². The van der Waals surface area contributed by atoms with Crippen LogP contribution in [0, 0.1) is 0 Å². The van der Waals surface area contributed by atoms with E-state index in [4.69, 9.17) is 4.74 Å². The zero-order valence-electron chi connectivity index (χ0n) is 10.7. The number of fused-ring (bicyclic) bond motifs is 1. The molecule has 0 spiro atoms. The van der Waals surface area contributed by atoms with Gasteiger partial charge in [-0.15, -0.1) is 0 Å². The summed E-state index contributed by atoms with van der Waals surface area (Å²) in [6.45, 7) is 0.754. The van der Waals surface area contributed by atoms with Crippen LogP contribution in [0.1, 0.15) is 5.56 Å². The topological polar surface area (TPSA) is 49.9 Å². The maximum atomic E-state index is 5.40. The number of anilines is 1. The minimum absolute atomic E-state index is 0.754. The second kappa shape index (κ2) is 5.02. The van der Waals surface area contributed by atoms with Crippen LogP contribution in [0.25, 0.3) is 10.8 Å². The smallest absolute Gasteiger partial charge is 0.126 e. The monoisotopic (exact) mass is 253 g/mol. The zero-order valence-corrected chi connectivity index (χ0v) is 10.7. The molecule has 0 saturated heterocycles. The van der Waals surface area contributed by atoms with Gasteiger partial charge in [0.05, 0.1) is 19.0 Å². The molecule has 1 aromatic heterocycles. The van der Waals surface area contributed by atoms with E-state index < -0.39 is 0 Å². The molecule has 0 radical (unpaired) electrons. The molecule has 96 valence electrons. The van der Waals surface area contributed by atoms with Crippen molar-refractivity contribution >= 4 is 16.5 Å². The Bertz CT molecular complexity index is 677. The summed E-state index contributed by atoms with van der Waals surface area (Å²) in [4.78, 5) is 0. The lowest BCUT2D eigenvalue weighted by atomic mass is 10.0. The molecule has 0 aliphatic carbocycles. The van der Waals surface area contributed by atoms with Gasteiger partial charge in [0.1, 0.15) is 5.75 Å². The predicted molar refractivity (Wildman–Crippen MR) is 76.4 cm³/mol. The van der Waals surface area contributed by atoms with Crippen molar-refractivity contribution in [3.8, 4) is 5.75 Å². The molecular formula is C15H15N3O. The number of hydrogen-bond donors (Lipinski definition) is 2. The van der Waals surface area contributed by atoms with Crippen molar-refractivity contribution in [2.24, 2.45) is 0 Å². The van der Waals surface area contributed by atoms with Gasteiger partial charge in [-0.05, 0) is 17.0 Å². The first-order chi connectivity index (χ1) is 9.38. The molecule has 0 amide bonds. The molecule has 19 heavy (non-hydrogen) atoms. The zero-order chi connectivity index (χ0) is 13.1. The number of nitrogens with zero attached hydrogens (tertiary/aromatic N) is 1. The van der Waals surface area contributed by atoms with Gasteiger partial charge in [0.15, 0.2) is 0 Å². The van der Waals surface area contributed by atoms with Gasteiger partial charge in [0.25, 0.3) is 0 Å². The van der Waals surface area contributed by atoms with Crippen LogP contribution in [0.5, 0.6) is 5.75 Å². The molecule has 2 aromatic carbocycles. The van der Waals surface area contributed by atoms with Crippen LogP contribution in [0.15, 0.2) is 48.8 Å². The molecule has 2 N–H and O–H groups in total. The van der Waals surface area contributed by atoms with Gasteiger partial charge >= 0.3 is 0 Å². The Labute approximate surface area is 111 Å². The minimum Gasteiger partial charge on any atom is -0.496 e. The van der Waals surface area contributed by atoms with Crippen molar-refractivity contribution in [1.29, 1.82) is 0 Å². The van der Waals surface area contributed by atoms with Gasteiger partial charge < -0.3 is 10.1 Å². The summed E-state index contributed by atoms with van der Waals surface area (Å²) in [5.74, 6) is 0.905. The highest BCUT2D eigenvalue weighted by Gasteiger charge is 2.05. The molecule has 0 aliphatic rings. The van der Waals surface area contributed by atoms with E-state index in [-0.39, 0.29) is 0 Å². The van der Waals surface area contributed by atoms with Gasteiger partial charge in [-0.3, -0.25) is 5.10 Å². The summed E-state index contributed by atoms with van der Waals surface area (Å²) in [6.07, 6.45) is 3.61. The van der Waals surface area contributed by atoms with E-state index in [2.05, 4.69) is 33.7 Å². The number of aromatic nitrogens is 2. The van der Waals surface area contributed by atoms with Crippen molar-refractivity contribution in [3.63, 3.8) is 0 Å². The highest BCUT2D eigenvalue weighted by molar-refractivity contribution is 5.91. The van der Waals surface area contributed by atoms with E-state index in [0.29, 0.717) is 0 Å². The molecule has 0 fully saturated rings. The average molecular weight is 253 g/mol. The van der Waals surface area contributed by atoms with Crippen LogP contribution in [0.4, 0.5) is 5.69 Å². The first kappa shape index (κ1) is 11.6. The molecule has 3 rings (SSSR count). The number of ether oxygens (including phenoxy) is 1. The summed E-state index contributed by atoms with van der Waals surface area (Å²) in [6, 6.07) is 12.4. The Morgan fingerprint density at radius 1 is 1.16 bits per heavy atom. The number of methoxy groups -OCH3 is 1. The maximum absolute atomic E-state index is 5.40. The van der Waals surface area contributed by atoms with Crippen molar-refractivity contribution in [2.45, 2.75) is 6.54 Å². The van der Waals surface area contributed by atoms with E-state index in [9.17, 15) is 0 Å². The minimum atomic E-state index is 0.754. The summed E-state index contributed by atoms with van der Waals surface area (Å²) >= 11 is 0. The lowest BCUT2D eigenvalue weighted by molar-refractivity contribution is 0.419. The van der Waals surface area contributed by atoms with E-state index in [0.717, 1.165) is 23.4 Å². The summed E-state index contributed by atoms with van der Waals surface area (Å²) in [5, 5.41) is 12.4. The third kappa shape index (κ3) is 2.25. The Balaban J connectivity index is 1.95. The fourth-order valence-electron chi connectivity index (χ4n) is 2.21. The second-order valence-electron chi connectivity index (χ2n) is 4.31. The number of H-pyrrole nitrogens is 1. The van der Waals surface area contributed by atoms with Gasteiger partial charge in [-0.1, -0.05) is 30.3 Å². The van der Waals surface area contributed by atoms with Gasteiger partial charge in [0.2, 0.25) is 0 Å². The lowest BCUT2D eigenvalue weighted by Crippen LogP contribution is -1.99. The first-order valence-corrected chi connectivity index (χ1v) is 6.16. The Hall–Kier alpha value is -2.49. The molecule has 0 unspecified atom stereocenters. The second-order valence-corrected chi connectivity index (χ2v) is 4.31. The molecule has 0 saturated carbocycles. The maximum Gasteiger partial charge on any atom is 0.126 e. The van der Waals surface area contributed by atoms with Crippen LogP contribution < -0.4 is 10.1 Å². The van der Waals surface area contributed by atoms with Crippen LogP contribution in [0.3, 0.4) is 0 Å². The van der Waals surface area contributed by atoms with Crippen molar-refractivity contribution in [3.05, 3.63) is 54.4 Å². The molecule has 0 bridgehead atoms. The molecule has 0 atom stereocenters. The SMILES string of the molecule is COc1ccc(CNc2cn[nH]c2)c2ccccc12. The highest BCUT2D eigenvalue weighted by Crippen LogP contribution is 2.28. The van der Waals surface area contributed by atoms with Crippen LogP contribution in [-0.2, 0) is 6.54 Å². The largest absolute Gasteiger partial charge is 0.496 e. The van der Waals surface area contributed by atoms with Gasteiger partial charge in [0, 0.05) is 18.1 Å². The lowest BCUT2D eigenvalue weighted by Gasteiger charge is -2.11. The third-order valence-electron chi connectivity index (χ3n) is 3.18. The number of nitrogens with one attached hydrogen (secondary N) is 2. The molecule has 0 aliphatic heterocycles. The third-order valence-corrected chi connectivity index (χ3v) is 3.18. The van der Waals surface area contributed by atoms with Crippen molar-refractivity contribution < 1.29 is 4.74 Å². The van der Waals surface area contributed by atoms with Crippen LogP contribution >= 0.6 is 0 Å². The number of aromatic amines is 1. The Morgan fingerprint density at radius 3 is 2.74 bits per heavy atom. The van der Waals surface area contributed by atoms with E-state index in [1.165, 1.54) is 10.9 Å². The quantitative estimate of drug-likeness (QED) is 0.750. The standard InChI is InChI=1S/C15H15N3O/c1-19-15-7-6-11(8-16-12-9-17-18-10-12)13-4-2-3-5-14(13)15/h2-7,9-10,16H,8H2,1H3,(H,17,18). The number of rotatable bonds is 4. The first-order valence-electron chi connectivity index (χ1n) is 6.16. The average Bonchev–Trinajstić information content (AvgIpc) is 2.98. The highest BCUT2D eigenvalue weighted by atomic mass is 16.5. The summed E-state index contributed by atoms with van der Waals surface area (Å²) in [5.41, 5.74) is 2.22. The fraction of sp³-hybridized carbons (Fsp3) is 0.133. The van der Waals surface area contributed by atoms with E-state index >= 15 is 0 Å². The Morgan fingerprint density at radius 2 is 2.00 bits per heavy atom.